The number of hydrogen-bond donors (Lipinski definition) is 1. The van der Waals surface area contributed by atoms with Gasteiger partial charge in [-0.2, -0.15) is 0 Å². The Morgan fingerprint density at radius 3 is 2.38 bits per heavy atom. The maximum Gasteiger partial charge on any atom is 0.303 e. The van der Waals surface area contributed by atoms with Gasteiger partial charge in [0, 0.05) is 19.3 Å². The summed E-state index contributed by atoms with van der Waals surface area (Å²) in [6.45, 7) is 12.8. The molecule has 5 atom stereocenters. The number of carboxylic acid groups (broad SMARTS) is 1. The number of hydrogen-bond acceptors (Lipinski definition) is 3. The Kier molecular flexibility index (Phi) is 6.14. The first-order chi connectivity index (χ1) is 11.9. The molecule has 2 aliphatic rings. The molecule has 0 saturated heterocycles. The Morgan fingerprint density at radius 2 is 1.81 bits per heavy atom. The molecule has 2 aliphatic carbocycles. The molecule has 0 heterocycles. The molecular weight excluding hydrogens is 328 g/mol. The Balaban J connectivity index is 2.29. The van der Waals surface area contributed by atoms with Crippen molar-refractivity contribution in [1.82, 2.24) is 0 Å². The number of carboxylic acids is 1. The van der Waals surface area contributed by atoms with E-state index >= 15 is 0 Å². The van der Waals surface area contributed by atoms with Crippen LogP contribution in [0.2, 0.25) is 0 Å². The second kappa shape index (κ2) is 7.52. The second-order valence-corrected chi connectivity index (χ2v) is 10.2. The van der Waals surface area contributed by atoms with Gasteiger partial charge in [-0.3, -0.25) is 9.59 Å². The lowest BCUT2D eigenvalue weighted by Crippen LogP contribution is -2.58. The quantitative estimate of drug-likeness (QED) is 0.636. The molecule has 2 saturated carbocycles. The van der Waals surface area contributed by atoms with Crippen LogP contribution < -0.4 is 0 Å². The fourth-order valence-corrected chi connectivity index (χ4v) is 6.54. The van der Waals surface area contributed by atoms with Gasteiger partial charge in [-0.1, -0.05) is 34.1 Å². The molecule has 0 bridgehead atoms. The van der Waals surface area contributed by atoms with Crippen LogP contribution in [0.25, 0.3) is 0 Å². The highest BCUT2D eigenvalue weighted by Gasteiger charge is 2.59. The first-order valence-corrected chi connectivity index (χ1v) is 10.3. The lowest BCUT2D eigenvalue weighted by molar-refractivity contribution is -0.199. The van der Waals surface area contributed by atoms with Crippen molar-refractivity contribution >= 4 is 11.9 Å². The lowest BCUT2D eigenvalue weighted by Gasteiger charge is -2.62. The number of fused-ring (bicyclic) bond motifs is 1. The summed E-state index contributed by atoms with van der Waals surface area (Å²) in [4.78, 5) is 22.9. The highest BCUT2D eigenvalue weighted by atomic mass is 16.6. The molecule has 2 fully saturated rings. The fraction of sp³-hybridized carbons (Fsp3) is 0.909. The van der Waals surface area contributed by atoms with Crippen LogP contribution in [0.15, 0.2) is 0 Å². The third-order valence-electron chi connectivity index (χ3n) is 7.59. The van der Waals surface area contributed by atoms with Crippen molar-refractivity contribution in [1.29, 1.82) is 0 Å². The Labute approximate surface area is 159 Å². The summed E-state index contributed by atoms with van der Waals surface area (Å²) in [5, 5.41) is 9.08. The third kappa shape index (κ3) is 4.26. The minimum atomic E-state index is -0.730. The minimum absolute atomic E-state index is 0.146. The SMILES string of the molecule is CC(=O)OC1(C)CCC2C(C)(C)CCCC2(C)C1CCC(C)CC(=O)O. The highest BCUT2D eigenvalue weighted by molar-refractivity contribution is 5.67. The largest absolute Gasteiger partial charge is 0.481 e. The van der Waals surface area contributed by atoms with Gasteiger partial charge in [0.15, 0.2) is 0 Å². The van der Waals surface area contributed by atoms with Gasteiger partial charge in [-0.05, 0) is 68.1 Å². The van der Waals surface area contributed by atoms with E-state index in [0.29, 0.717) is 11.3 Å². The van der Waals surface area contributed by atoms with Gasteiger partial charge in [-0.15, -0.1) is 0 Å². The summed E-state index contributed by atoms with van der Waals surface area (Å²) < 4.78 is 5.93. The zero-order valence-corrected chi connectivity index (χ0v) is 17.6. The van der Waals surface area contributed by atoms with Crippen LogP contribution in [0.3, 0.4) is 0 Å². The van der Waals surface area contributed by atoms with Gasteiger partial charge < -0.3 is 9.84 Å². The topological polar surface area (TPSA) is 63.6 Å². The van der Waals surface area contributed by atoms with Crippen LogP contribution in [0.1, 0.15) is 92.9 Å². The maximum absolute atomic E-state index is 11.8. The molecule has 0 aromatic rings. The van der Waals surface area contributed by atoms with E-state index in [1.165, 1.54) is 26.2 Å². The van der Waals surface area contributed by atoms with Crippen LogP contribution >= 0.6 is 0 Å². The molecular formula is C22H38O4. The van der Waals surface area contributed by atoms with Crippen molar-refractivity contribution in [2.24, 2.45) is 28.6 Å². The Morgan fingerprint density at radius 1 is 1.15 bits per heavy atom. The van der Waals surface area contributed by atoms with Gasteiger partial charge in [0.1, 0.15) is 5.60 Å². The summed E-state index contributed by atoms with van der Waals surface area (Å²) in [6, 6.07) is 0. The smallest absolute Gasteiger partial charge is 0.303 e. The molecule has 0 aromatic carbocycles. The summed E-state index contributed by atoms with van der Waals surface area (Å²) in [6.07, 6.45) is 7.69. The van der Waals surface area contributed by atoms with Crippen molar-refractivity contribution in [3.8, 4) is 0 Å². The number of carbonyl (C=O) groups excluding carboxylic acids is 1. The molecule has 1 N–H and O–H groups in total. The summed E-state index contributed by atoms with van der Waals surface area (Å²) in [5.74, 6) is 0.135. The molecule has 2 rings (SSSR count). The van der Waals surface area contributed by atoms with Crippen LogP contribution in [0.5, 0.6) is 0 Å². The number of esters is 1. The van der Waals surface area contributed by atoms with Crippen molar-refractivity contribution in [3.05, 3.63) is 0 Å². The summed E-state index contributed by atoms with van der Waals surface area (Å²) in [5.41, 5.74) is 0.0239. The molecule has 26 heavy (non-hydrogen) atoms. The first-order valence-electron chi connectivity index (χ1n) is 10.3. The fourth-order valence-electron chi connectivity index (χ4n) is 6.54. The van der Waals surface area contributed by atoms with Gasteiger partial charge in [0.05, 0.1) is 0 Å². The Hall–Kier alpha value is -1.06. The Bertz CT molecular complexity index is 540. The molecule has 0 radical (unpaired) electrons. The van der Waals surface area contributed by atoms with Crippen molar-refractivity contribution in [2.75, 3.05) is 0 Å². The lowest BCUT2D eigenvalue weighted by atomic mass is 9.45. The molecule has 150 valence electrons. The van der Waals surface area contributed by atoms with Crippen molar-refractivity contribution in [3.63, 3.8) is 0 Å². The monoisotopic (exact) mass is 366 g/mol. The number of ether oxygens (including phenoxy) is 1. The van der Waals surface area contributed by atoms with Crippen molar-refractivity contribution < 1.29 is 19.4 Å². The van der Waals surface area contributed by atoms with E-state index in [1.807, 2.05) is 6.92 Å². The van der Waals surface area contributed by atoms with Crippen LogP contribution in [0.4, 0.5) is 0 Å². The molecule has 0 aromatic heterocycles. The normalized spacial score (nSPS) is 37.5. The predicted molar refractivity (Wildman–Crippen MR) is 103 cm³/mol. The van der Waals surface area contributed by atoms with E-state index in [2.05, 4.69) is 27.7 Å². The predicted octanol–water partition coefficient (Wildman–Crippen LogP) is 5.44. The summed E-state index contributed by atoms with van der Waals surface area (Å²) in [7, 11) is 0. The van der Waals surface area contributed by atoms with E-state index in [4.69, 9.17) is 9.84 Å². The average Bonchev–Trinajstić information content (AvgIpc) is 2.43. The average molecular weight is 367 g/mol. The molecule has 0 amide bonds. The summed E-state index contributed by atoms with van der Waals surface area (Å²) >= 11 is 0. The van der Waals surface area contributed by atoms with E-state index in [1.54, 1.807) is 0 Å². The van der Waals surface area contributed by atoms with Gasteiger partial charge >= 0.3 is 11.9 Å². The molecule has 5 unspecified atom stereocenters. The molecule has 4 heteroatoms. The van der Waals surface area contributed by atoms with Gasteiger partial charge in [-0.25, -0.2) is 0 Å². The van der Waals surface area contributed by atoms with Crippen molar-refractivity contribution in [2.45, 2.75) is 98.5 Å². The zero-order valence-electron chi connectivity index (χ0n) is 17.6. The minimum Gasteiger partial charge on any atom is -0.481 e. The highest BCUT2D eigenvalue weighted by Crippen LogP contribution is 2.63. The van der Waals surface area contributed by atoms with Gasteiger partial charge in [0.25, 0.3) is 0 Å². The van der Waals surface area contributed by atoms with Crippen LogP contribution in [0, 0.1) is 28.6 Å². The molecule has 0 aliphatic heterocycles. The van der Waals surface area contributed by atoms with Gasteiger partial charge in [0.2, 0.25) is 0 Å². The van der Waals surface area contributed by atoms with E-state index in [9.17, 15) is 9.59 Å². The molecule has 0 spiro atoms. The first kappa shape index (κ1) is 21.2. The van der Waals surface area contributed by atoms with Crippen LogP contribution in [-0.2, 0) is 14.3 Å². The van der Waals surface area contributed by atoms with Crippen LogP contribution in [-0.4, -0.2) is 22.6 Å². The standard InChI is InChI=1S/C22H38O4/c1-15(14-19(24)25)8-9-18-21(5)12-7-11-20(3,4)17(21)10-13-22(18,6)26-16(2)23/h15,17-18H,7-14H2,1-6H3,(H,24,25). The van der Waals surface area contributed by atoms with E-state index in [-0.39, 0.29) is 29.6 Å². The second-order valence-electron chi connectivity index (χ2n) is 10.2. The van der Waals surface area contributed by atoms with E-state index in [0.717, 1.165) is 25.7 Å². The van der Waals surface area contributed by atoms with E-state index < -0.39 is 11.6 Å². The zero-order chi connectivity index (χ0) is 19.8. The molecule has 4 nitrogen and oxygen atoms in total. The number of rotatable bonds is 6. The maximum atomic E-state index is 11.8. The number of aliphatic carboxylic acids is 1. The third-order valence-corrected chi connectivity index (χ3v) is 7.59. The number of carbonyl (C=O) groups is 2.